The van der Waals surface area contributed by atoms with Crippen molar-refractivity contribution in [3.05, 3.63) is 53.7 Å². The van der Waals surface area contributed by atoms with E-state index in [9.17, 15) is 9.59 Å². The Balaban J connectivity index is 1.86. The zero-order chi connectivity index (χ0) is 15.2. The number of aromatic carboxylic acids is 1. The molecule has 0 unspecified atom stereocenters. The van der Waals surface area contributed by atoms with Gasteiger partial charge >= 0.3 is 5.97 Å². The molecule has 0 spiro atoms. The highest BCUT2D eigenvalue weighted by Gasteiger charge is 2.06. The van der Waals surface area contributed by atoms with Crippen molar-refractivity contribution >= 4 is 29.3 Å². The van der Waals surface area contributed by atoms with Crippen molar-refractivity contribution in [2.24, 2.45) is 0 Å². The summed E-state index contributed by atoms with van der Waals surface area (Å²) >= 11 is 1.26. The molecule has 0 radical (unpaired) electrons. The molecule has 2 aromatic rings. The summed E-state index contributed by atoms with van der Waals surface area (Å²) in [6.45, 7) is 1.98. The molecular weight excluding hydrogens is 288 g/mol. The van der Waals surface area contributed by atoms with E-state index in [-0.39, 0.29) is 17.2 Å². The molecule has 0 bridgehead atoms. The van der Waals surface area contributed by atoms with Gasteiger partial charge in [0.25, 0.3) is 0 Å². The number of hydrogen-bond acceptors (Lipinski definition) is 4. The fraction of sp³-hybridized carbons (Fsp3) is 0.133. The Labute approximate surface area is 126 Å². The van der Waals surface area contributed by atoms with Crippen LogP contribution in [0.5, 0.6) is 0 Å². The van der Waals surface area contributed by atoms with Gasteiger partial charge in [0.2, 0.25) is 5.91 Å². The van der Waals surface area contributed by atoms with Gasteiger partial charge in [-0.1, -0.05) is 29.5 Å². The number of nitrogens with one attached hydrogen (secondary N) is 1. The fourth-order valence-corrected chi connectivity index (χ4v) is 2.21. The van der Waals surface area contributed by atoms with Crippen molar-refractivity contribution in [2.75, 3.05) is 11.1 Å². The summed E-state index contributed by atoms with van der Waals surface area (Å²) < 4.78 is 0. The first-order valence-corrected chi connectivity index (χ1v) is 7.22. The van der Waals surface area contributed by atoms with Crippen molar-refractivity contribution in [2.45, 2.75) is 11.9 Å². The van der Waals surface area contributed by atoms with Gasteiger partial charge in [-0.05, 0) is 31.2 Å². The number of aromatic nitrogens is 1. The van der Waals surface area contributed by atoms with E-state index in [0.717, 1.165) is 11.3 Å². The van der Waals surface area contributed by atoms with E-state index >= 15 is 0 Å². The molecule has 0 saturated heterocycles. The first kappa shape index (κ1) is 15.1. The lowest BCUT2D eigenvalue weighted by atomic mass is 10.2. The number of hydrogen-bond donors (Lipinski definition) is 2. The first-order valence-electron chi connectivity index (χ1n) is 6.23. The molecule has 0 aliphatic carbocycles. The Morgan fingerprint density at radius 3 is 2.48 bits per heavy atom. The molecule has 0 aliphatic rings. The van der Waals surface area contributed by atoms with Gasteiger partial charge in [0.05, 0.1) is 16.3 Å². The van der Waals surface area contributed by atoms with Crippen molar-refractivity contribution in [3.63, 3.8) is 0 Å². The number of carbonyl (C=O) groups is 2. The van der Waals surface area contributed by atoms with E-state index in [1.165, 1.54) is 24.0 Å². The molecule has 21 heavy (non-hydrogen) atoms. The average molecular weight is 302 g/mol. The number of carboxylic acid groups (broad SMARTS) is 1. The first-order chi connectivity index (χ1) is 10.0. The number of pyridine rings is 1. The third-order valence-electron chi connectivity index (χ3n) is 2.67. The van der Waals surface area contributed by atoms with Gasteiger partial charge in [0.1, 0.15) is 0 Å². The van der Waals surface area contributed by atoms with E-state index in [2.05, 4.69) is 10.3 Å². The number of benzene rings is 1. The number of aryl methyl sites for hydroxylation is 1. The van der Waals surface area contributed by atoms with Gasteiger partial charge in [-0.2, -0.15) is 0 Å². The molecule has 5 nitrogen and oxygen atoms in total. The number of nitrogens with zero attached hydrogens (tertiary/aromatic N) is 1. The Morgan fingerprint density at radius 2 is 1.90 bits per heavy atom. The second kappa shape index (κ2) is 6.90. The SMILES string of the molecule is Cc1ccc(NC(=O)CSc2ccc(C(=O)O)cn2)cc1. The van der Waals surface area contributed by atoms with Crippen molar-refractivity contribution < 1.29 is 14.7 Å². The van der Waals surface area contributed by atoms with E-state index in [1.807, 2.05) is 31.2 Å². The van der Waals surface area contributed by atoms with Crippen LogP contribution in [0.25, 0.3) is 0 Å². The van der Waals surface area contributed by atoms with Crippen molar-refractivity contribution in [1.82, 2.24) is 4.98 Å². The van der Waals surface area contributed by atoms with Crippen molar-refractivity contribution in [1.29, 1.82) is 0 Å². The van der Waals surface area contributed by atoms with Crippen LogP contribution >= 0.6 is 11.8 Å². The highest BCUT2D eigenvalue weighted by Crippen LogP contribution is 2.16. The zero-order valence-electron chi connectivity index (χ0n) is 11.4. The van der Waals surface area contributed by atoms with Gasteiger partial charge in [-0.15, -0.1) is 0 Å². The maximum atomic E-state index is 11.8. The van der Waals surface area contributed by atoms with E-state index < -0.39 is 5.97 Å². The van der Waals surface area contributed by atoms with Crippen LogP contribution in [0.3, 0.4) is 0 Å². The second-order valence-electron chi connectivity index (χ2n) is 4.39. The number of anilines is 1. The Bertz CT molecular complexity index is 639. The molecule has 1 aromatic heterocycles. The summed E-state index contributed by atoms with van der Waals surface area (Å²) in [6.07, 6.45) is 1.28. The molecule has 2 rings (SSSR count). The Kier molecular flexibility index (Phi) is 4.94. The molecule has 1 amide bonds. The molecule has 0 aliphatic heterocycles. The van der Waals surface area contributed by atoms with Gasteiger partial charge in [0, 0.05) is 11.9 Å². The number of rotatable bonds is 5. The minimum Gasteiger partial charge on any atom is -0.478 e. The predicted molar refractivity (Wildman–Crippen MR) is 81.7 cm³/mol. The average Bonchev–Trinajstić information content (AvgIpc) is 2.48. The van der Waals surface area contributed by atoms with Crippen LogP contribution in [-0.4, -0.2) is 27.7 Å². The molecule has 6 heteroatoms. The highest BCUT2D eigenvalue weighted by molar-refractivity contribution is 7.99. The van der Waals surface area contributed by atoms with Crippen LogP contribution in [0.2, 0.25) is 0 Å². The highest BCUT2D eigenvalue weighted by atomic mass is 32.2. The van der Waals surface area contributed by atoms with Crippen LogP contribution in [-0.2, 0) is 4.79 Å². The molecule has 108 valence electrons. The Morgan fingerprint density at radius 1 is 1.19 bits per heavy atom. The monoisotopic (exact) mass is 302 g/mol. The van der Waals surface area contributed by atoms with E-state index in [1.54, 1.807) is 6.07 Å². The van der Waals surface area contributed by atoms with Crippen LogP contribution in [0.1, 0.15) is 15.9 Å². The predicted octanol–water partition coefficient (Wildman–Crippen LogP) is 2.82. The second-order valence-corrected chi connectivity index (χ2v) is 5.39. The number of carbonyl (C=O) groups excluding carboxylic acids is 1. The molecule has 1 heterocycles. The summed E-state index contributed by atoms with van der Waals surface area (Å²) in [7, 11) is 0. The van der Waals surface area contributed by atoms with Gasteiger partial charge in [0.15, 0.2) is 0 Å². The molecule has 2 N–H and O–H groups in total. The lowest BCUT2D eigenvalue weighted by Crippen LogP contribution is -2.14. The summed E-state index contributed by atoms with van der Waals surface area (Å²) in [5.41, 5.74) is 2.01. The molecule has 0 saturated carbocycles. The van der Waals surface area contributed by atoms with Crippen LogP contribution < -0.4 is 5.32 Å². The lowest BCUT2D eigenvalue weighted by Gasteiger charge is -2.05. The topological polar surface area (TPSA) is 79.3 Å². The maximum absolute atomic E-state index is 11.8. The third kappa shape index (κ3) is 4.61. The van der Waals surface area contributed by atoms with Crippen LogP contribution in [0.15, 0.2) is 47.6 Å². The summed E-state index contributed by atoms with van der Waals surface area (Å²) in [5.74, 6) is -0.933. The zero-order valence-corrected chi connectivity index (χ0v) is 12.2. The quantitative estimate of drug-likeness (QED) is 0.830. The molecular formula is C15H14N2O3S. The van der Waals surface area contributed by atoms with Crippen molar-refractivity contribution in [3.8, 4) is 0 Å². The normalized spacial score (nSPS) is 10.1. The molecule has 0 atom stereocenters. The minimum absolute atomic E-state index is 0.128. The largest absolute Gasteiger partial charge is 0.478 e. The van der Waals surface area contributed by atoms with Crippen LogP contribution in [0, 0.1) is 6.92 Å². The smallest absolute Gasteiger partial charge is 0.337 e. The minimum atomic E-state index is -1.02. The molecule has 1 aromatic carbocycles. The number of carboxylic acids is 1. The number of amides is 1. The standard InChI is InChI=1S/C15H14N2O3S/c1-10-2-5-12(6-3-10)17-13(18)9-21-14-7-4-11(8-16-14)15(19)20/h2-8H,9H2,1H3,(H,17,18)(H,19,20). The molecule has 0 fully saturated rings. The summed E-state index contributed by atoms with van der Waals surface area (Å²) in [6, 6.07) is 10.6. The lowest BCUT2D eigenvalue weighted by molar-refractivity contribution is -0.113. The van der Waals surface area contributed by atoms with E-state index in [0.29, 0.717) is 5.03 Å². The van der Waals surface area contributed by atoms with E-state index in [4.69, 9.17) is 5.11 Å². The maximum Gasteiger partial charge on any atom is 0.337 e. The van der Waals surface area contributed by atoms with Gasteiger partial charge in [-0.25, -0.2) is 9.78 Å². The fourth-order valence-electron chi connectivity index (χ4n) is 1.57. The summed E-state index contributed by atoms with van der Waals surface area (Å²) in [4.78, 5) is 26.5. The third-order valence-corrected chi connectivity index (χ3v) is 3.61. The summed E-state index contributed by atoms with van der Waals surface area (Å²) in [5, 5.41) is 12.2. The van der Waals surface area contributed by atoms with Crippen LogP contribution in [0.4, 0.5) is 5.69 Å². The Hall–Kier alpha value is -2.34. The number of thioether (sulfide) groups is 1. The van der Waals surface area contributed by atoms with Gasteiger partial charge < -0.3 is 10.4 Å². The van der Waals surface area contributed by atoms with Gasteiger partial charge in [-0.3, -0.25) is 4.79 Å².